The number of benzene rings is 3. The zero-order valence-electron chi connectivity index (χ0n) is 15.5. The summed E-state index contributed by atoms with van der Waals surface area (Å²) in [5.74, 6) is 1.09. The predicted octanol–water partition coefficient (Wildman–Crippen LogP) is 5.43. The molecule has 1 heterocycles. The van der Waals surface area contributed by atoms with E-state index in [1.165, 1.54) is 6.07 Å². The summed E-state index contributed by atoms with van der Waals surface area (Å²) in [6.45, 7) is 2.54. The SMILES string of the molecule is CCOc1ccc(-c2cc(=O)oc(-c3ccc(-c4ccccc4)cc3)n2)cc1. The van der Waals surface area contributed by atoms with Crippen LogP contribution in [0.25, 0.3) is 33.8 Å². The monoisotopic (exact) mass is 369 g/mol. The van der Waals surface area contributed by atoms with Crippen LogP contribution in [0.5, 0.6) is 5.75 Å². The Labute approximate surface area is 163 Å². The lowest BCUT2D eigenvalue weighted by molar-refractivity contribution is 0.340. The van der Waals surface area contributed by atoms with Crippen molar-refractivity contribution in [3.63, 3.8) is 0 Å². The minimum Gasteiger partial charge on any atom is -0.494 e. The van der Waals surface area contributed by atoms with Crippen molar-refractivity contribution in [3.05, 3.63) is 95.3 Å². The molecule has 3 aromatic carbocycles. The maximum atomic E-state index is 12.1. The van der Waals surface area contributed by atoms with Gasteiger partial charge in [0.25, 0.3) is 0 Å². The van der Waals surface area contributed by atoms with Gasteiger partial charge >= 0.3 is 5.63 Å². The third-order valence-electron chi connectivity index (χ3n) is 4.37. The second kappa shape index (κ2) is 7.92. The molecule has 4 rings (SSSR count). The van der Waals surface area contributed by atoms with Crippen molar-refractivity contribution >= 4 is 0 Å². The highest BCUT2D eigenvalue weighted by molar-refractivity contribution is 5.68. The van der Waals surface area contributed by atoms with E-state index in [-0.39, 0.29) is 0 Å². The Morgan fingerprint density at radius 3 is 2.07 bits per heavy atom. The van der Waals surface area contributed by atoms with Gasteiger partial charge in [-0.1, -0.05) is 42.5 Å². The quantitative estimate of drug-likeness (QED) is 0.470. The highest BCUT2D eigenvalue weighted by Crippen LogP contribution is 2.26. The molecule has 0 radical (unpaired) electrons. The van der Waals surface area contributed by atoms with E-state index in [1.54, 1.807) is 0 Å². The van der Waals surface area contributed by atoms with Gasteiger partial charge in [-0.3, -0.25) is 0 Å². The van der Waals surface area contributed by atoms with E-state index in [1.807, 2.05) is 73.7 Å². The first kappa shape index (κ1) is 17.7. The van der Waals surface area contributed by atoms with Gasteiger partial charge in [0.15, 0.2) is 0 Å². The van der Waals surface area contributed by atoms with E-state index >= 15 is 0 Å². The van der Waals surface area contributed by atoms with Crippen molar-refractivity contribution in [2.75, 3.05) is 6.61 Å². The van der Waals surface area contributed by atoms with Crippen LogP contribution in [0.3, 0.4) is 0 Å². The fourth-order valence-corrected chi connectivity index (χ4v) is 3.00. The van der Waals surface area contributed by atoms with Gasteiger partial charge in [0.05, 0.1) is 18.4 Å². The van der Waals surface area contributed by atoms with E-state index in [0.29, 0.717) is 18.2 Å². The molecule has 4 heteroatoms. The maximum absolute atomic E-state index is 12.1. The van der Waals surface area contributed by atoms with Crippen LogP contribution in [0.1, 0.15) is 6.92 Å². The third kappa shape index (κ3) is 3.86. The Hall–Kier alpha value is -3.66. The molecule has 0 N–H and O–H groups in total. The van der Waals surface area contributed by atoms with Crippen LogP contribution in [-0.4, -0.2) is 11.6 Å². The molecular weight excluding hydrogens is 350 g/mol. The fraction of sp³-hybridized carbons (Fsp3) is 0.0833. The number of nitrogens with zero attached hydrogens (tertiary/aromatic N) is 1. The number of rotatable bonds is 5. The molecule has 4 aromatic rings. The zero-order chi connectivity index (χ0) is 19.3. The van der Waals surface area contributed by atoms with Crippen LogP contribution in [-0.2, 0) is 0 Å². The summed E-state index contributed by atoms with van der Waals surface area (Å²) in [5, 5.41) is 0. The van der Waals surface area contributed by atoms with Gasteiger partial charge in [0, 0.05) is 11.1 Å². The van der Waals surface area contributed by atoms with Crippen molar-refractivity contribution in [1.82, 2.24) is 4.98 Å². The van der Waals surface area contributed by atoms with E-state index < -0.39 is 5.63 Å². The molecule has 4 nitrogen and oxygen atoms in total. The highest BCUT2D eigenvalue weighted by Gasteiger charge is 2.09. The molecule has 0 fully saturated rings. The first-order valence-electron chi connectivity index (χ1n) is 9.14. The van der Waals surface area contributed by atoms with Crippen LogP contribution in [0, 0.1) is 0 Å². The molecule has 0 saturated heterocycles. The standard InChI is InChI=1S/C24H19NO3/c1-2-27-21-14-12-19(13-15-21)22-16-23(26)28-24(25-22)20-10-8-18(9-11-20)17-6-4-3-5-7-17/h3-16H,2H2,1H3. The van der Waals surface area contributed by atoms with Gasteiger partial charge < -0.3 is 9.15 Å². The smallest absolute Gasteiger partial charge is 0.339 e. The molecule has 28 heavy (non-hydrogen) atoms. The normalized spacial score (nSPS) is 10.6. The molecular formula is C24H19NO3. The maximum Gasteiger partial charge on any atom is 0.339 e. The van der Waals surface area contributed by atoms with Crippen molar-refractivity contribution in [2.45, 2.75) is 6.92 Å². The second-order valence-electron chi connectivity index (χ2n) is 6.27. The van der Waals surface area contributed by atoms with Gasteiger partial charge in [0.1, 0.15) is 5.75 Å². The molecule has 0 bridgehead atoms. The fourth-order valence-electron chi connectivity index (χ4n) is 3.00. The van der Waals surface area contributed by atoms with Crippen molar-refractivity contribution in [3.8, 4) is 39.6 Å². The molecule has 0 atom stereocenters. The highest BCUT2D eigenvalue weighted by atomic mass is 16.5. The first-order valence-corrected chi connectivity index (χ1v) is 9.14. The van der Waals surface area contributed by atoms with Gasteiger partial charge in [0.2, 0.25) is 5.89 Å². The third-order valence-corrected chi connectivity index (χ3v) is 4.37. The predicted molar refractivity (Wildman–Crippen MR) is 110 cm³/mol. The number of hydrogen-bond acceptors (Lipinski definition) is 4. The van der Waals surface area contributed by atoms with E-state index in [2.05, 4.69) is 17.1 Å². The van der Waals surface area contributed by atoms with E-state index in [4.69, 9.17) is 9.15 Å². The van der Waals surface area contributed by atoms with Crippen LogP contribution in [0.2, 0.25) is 0 Å². The van der Waals surface area contributed by atoms with Crippen LogP contribution in [0.4, 0.5) is 0 Å². The van der Waals surface area contributed by atoms with Gasteiger partial charge in [-0.05, 0) is 54.4 Å². The number of hydrogen-bond donors (Lipinski definition) is 0. The molecule has 1 aromatic heterocycles. The van der Waals surface area contributed by atoms with Gasteiger partial charge in [-0.15, -0.1) is 0 Å². The number of aromatic nitrogens is 1. The summed E-state index contributed by atoms with van der Waals surface area (Å²) in [6, 6.07) is 26.8. The first-order chi connectivity index (χ1) is 13.7. The Kier molecular flexibility index (Phi) is 5.02. The van der Waals surface area contributed by atoms with Crippen LogP contribution < -0.4 is 10.4 Å². The van der Waals surface area contributed by atoms with Crippen LogP contribution >= 0.6 is 0 Å². The molecule has 0 aliphatic heterocycles. The average molecular weight is 369 g/mol. The molecule has 0 unspecified atom stereocenters. The van der Waals surface area contributed by atoms with Crippen molar-refractivity contribution in [2.24, 2.45) is 0 Å². The summed E-state index contributed by atoms with van der Waals surface area (Å²) in [7, 11) is 0. The molecule has 0 aliphatic carbocycles. The minimum atomic E-state index is -0.430. The van der Waals surface area contributed by atoms with Crippen LogP contribution in [0.15, 0.2) is 94.1 Å². The molecule has 0 aliphatic rings. The summed E-state index contributed by atoms with van der Waals surface area (Å²) < 4.78 is 10.8. The summed E-state index contributed by atoms with van der Waals surface area (Å²) in [5.41, 5.74) is 3.95. The number of ether oxygens (including phenoxy) is 1. The lowest BCUT2D eigenvalue weighted by atomic mass is 10.0. The summed E-state index contributed by atoms with van der Waals surface area (Å²) in [6.07, 6.45) is 0. The van der Waals surface area contributed by atoms with Crippen molar-refractivity contribution < 1.29 is 9.15 Å². The molecule has 0 amide bonds. The summed E-state index contributed by atoms with van der Waals surface area (Å²) in [4.78, 5) is 16.6. The molecule has 138 valence electrons. The van der Waals surface area contributed by atoms with Gasteiger partial charge in [-0.2, -0.15) is 0 Å². The lowest BCUT2D eigenvalue weighted by Crippen LogP contribution is -2.02. The molecule has 0 saturated carbocycles. The van der Waals surface area contributed by atoms with Gasteiger partial charge in [-0.25, -0.2) is 9.78 Å². The largest absolute Gasteiger partial charge is 0.494 e. The second-order valence-corrected chi connectivity index (χ2v) is 6.27. The lowest BCUT2D eigenvalue weighted by Gasteiger charge is -2.07. The minimum absolute atomic E-state index is 0.302. The topological polar surface area (TPSA) is 52.3 Å². The van der Waals surface area contributed by atoms with Crippen molar-refractivity contribution in [1.29, 1.82) is 0 Å². The Morgan fingerprint density at radius 2 is 1.39 bits per heavy atom. The Balaban J connectivity index is 1.66. The average Bonchev–Trinajstić information content (AvgIpc) is 2.75. The molecule has 0 spiro atoms. The zero-order valence-corrected chi connectivity index (χ0v) is 15.5. The van der Waals surface area contributed by atoms with E-state index in [9.17, 15) is 4.79 Å². The Morgan fingerprint density at radius 1 is 0.786 bits per heavy atom. The Bertz CT molecular complexity index is 1120. The van der Waals surface area contributed by atoms with E-state index in [0.717, 1.165) is 28.0 Å². The summed E-state index contributed by atoms with van der Waals surface area (Å²) >= 11 is 0.